The van der Waals surface area contributed by atoms with Gasteiger partial charge in [-0.1, -0.05) is 6.92 Å². The number of carboxylic acids is 1. The molecule has 8 heteroatoms. The number of fused-ring (bicyclic) bond motifs is 1. The summed E-state index contributed by atoms with van der Waals surface area (Å²) in [5.41, 5.74) is 0.414. The van der Waals surface area contributed by atoms with Crippen molar-refractivity contribution in [1.29, 1.82) is 0 Å². The van der Waals surface area contributed by atoms with Crippen LogP contribution < -0.4 is 20.0 Å². The molecule has 0 aliphatic carbocycles. The summed E-state index contributed by atoms with van der Waals surface area (Å²) >= 11 is 0. The summed E-state index contributed by atoms with van der Waals surface area (Å²) in [6, 6.07) is 8.75. The van der Waals surface area contributed by atoms with Crippen molar-refractivity contribution in [2.45, 2.75) is 13.3 Å². The van der Waals surface area contributed by atoms with Gasteiger partial charge in [0.15, 0.2) is 0 Å². The largest absolute Gasteiger partial charge is 0.545 e. The number of rotatable bonds is 5. The molecule has 0 radical (unpaired) electrons. The van der Waals surface area contributed by atoms with Crippen LogP contribution in [0.5, 0.6) is 17.2 Å². The minimum atomic E-state index is -1.27. The van der Waals surface area contributed by atoms with Crippen molar-refractivity contribution in [2.24, 2.45) is 0 Å². The zero-order valence-electron chi connectivity index (χ0n) is 16.1. The molecule has 0 aliphatic rings. The zero-order chi connectivity index (χ0) is 21.1. The molecule has 0 N–H and O–H groups in total. The van der Waals surface area contributed by atoms with Crippen LogP contribution in [-0.4, -0.2) is 31.1 Å². The minimum absolute atomic E-state index is 0.0567. The number of benzene rings is 2. The van der Waals surface area contributed by atoms with Crippen molar-refractivity contribution in [2.75, 3.05) is 14.1 Å². The van der Waals surface area contributed by atoms with E-state index in [1.54, 1.807) is 27.1 Å². The molecule has 150 valence electrons. The minimum Gasteiger partial charge on any atom is -0.545 e. The lowest BCUT2D eigenvalue weighted by Crippen LogP contribution is -2.25. The zero-order valence-corrected chi connectivity index (χ0v) is 16.1. The lowest BCUT2D eigenvalue weighted by Gasteiger charge is -2.12. The van der Waals surface area contributed by atoms with Gasteiger partial charge in [0, 0.05) is 25.7 Å². The molecule has 0 spiro atoms. The van der Waals surface area contributed by atoms with Gasteiger partial charge in [0.1, 0.15) is 23.3 Å². The van der Waals surface area contributed by atoms with Gasteiger partial charge in [0.05, 0.1) is 11.4 Å². The maximum atomic E-state index is 12.7. The van der Waals surface area contributed by atoms with Crippen LogP contribution >= 0.6 is 0 Å². The quantitative estimate of drug-likeness (QED) is 0.652. The van der Waals surface area contributed by atoms with E-state index in [1.165, 1.54) is 35.2 Å². The summed E-state index contributed by atoms with van der Waals surface area (Å²) < 4.78 is 16.2. The third kappa shape index (κ3) is 4.21. The van der Waals surface area contributed by atoms with Crippen LogP contribution in [0, 0.1) is 0 Å². The molecule has 8 nitrogen and oxygen atoms in total. The van der Waals surface area contributed by atoms with Crippen LogP contribution in [0.25, 0.3) is 11.0 Å². The molecule has 3 aromatic rings. The summed E-state index contributed by atoms with van der Waals surface area (Å²) in [6.45, 7) is 1.80. The Morgan fingerprint density at radius 1 is 1.10 bits per heavy atom. The van der Waals surface area contributed by atoms with Crippen molar-refractivity contribution in [3.63, 3.8) is 0 Å². The summed E-state index contributed by atoms with van der Waals surface area (Å²) in [7, 11) is 3.10. The third-order valence-corrected chi connectivity index (χ3v) is 4.19. The first-order chi connectivity index (χ1) is 13.8. The predicted molar refractivity (Wildman–Crippen MR) is 102 cm³/mol. The van der Waals surface area contributed by atoms with Crippen molar-refractivity contribution < 1.29 is 28.6 Å². The van der Waals surface area contributed by atoms with Crippen LogP contribution in [0.2, 0.25) is 0 Å². The molecule has 0 atom stereocenters. The first-order valence-corrected chi connectivity index (χ1v) is 8.77. The van der Waals surface area contributed by atoms with E-state index in [2.05, 4.69) is 0 Å². The number of amides is 1. The Bertz CT molecular complexity index is 1150. The van der Waals surface area contributed by atoms with Gasteiger partial charge >= 0.3 is 6.09 Å². The fourth-order valence-corrected chi connectivity index (χ4v) is 2.67. The van der Waals surface area contributed by atoms with Gasteiger partial charge in [-0.05, 0) is 42.3 Å². The molecule has 0 saturated carbocycles. The molecule has 2 aromatic carbocycles. The molecule has 0 bridgehead atoms. The normalized spacial score (nSPS) is 10.6. The predicted octanol–water partition coefficient (Wildman–Crippen LogP) is 2.57. The second-order valence-electron chi connectivity index (χ2n) is 6.41. The third-order valence-electron chi connectivity index (χ3n) is 4.19. The lowest BCUT2D eigenvalue weighted by atomic mass is 10.1. The number of carbonyl (C=O) groups excluding carboxylic acids is 2. The Morgan fingerprint density at radius 2 is 1.83 bits per heavy atom. The summed E-state index contributed by atoms with van der Waals surface area (Å²) in [4.78, 5) is 36.7. The van der Waals surface area contributed by atoms with Crippen molar-refractivity contribution in [3.8, 4) is 17.2 Å². The van der Waals surface area contributed by atoms with Crippen LogP contribution in [0.15, 0.2) is 51.9 Å². The number of nitrogens with zero attached hydrogens (tertiary/aromatic N) is 1. The fourth-order valence-electron chi connectivity index (χ4n) is 2.67. The van der Waals surface area contributed by atoms with Gasteiger partial charge in [-0.3, -0.25) is 4.79 Å². The van der Waals surface area contributed by atoms with E-state index in [4.69, 9.17) is 13.9 Å². The number of carboxylic acid groups (broad SMARTS) is 1. The van der Waals surface area contributed by atoms with E-state index in [-0.39, 0.29) is 28.0 Å². The highest BCUT2D eigenvalue weighted by atomic mass is 16.6. The summed E-state index contributed by atoms with van der Waals surface area (Å²) in [5.74, 6) is -0.795. The van der Waals surface area contributed by atoms with Crippen LogP contribution in [0.1, 0.15) is 22.8 Å². The SMILES string of the molecule is CCc1cc(Oc2coc3cc(OC(=O)N(C)C)ccc3c2=O)ccc1C(=O)[O-]. The van der Waals surface area contributed by atoms with Gasteiger partial charge in [-0.15, -0.1) is 0 Å². The molecule has 0 saturated heterocycles. The first kappa shape index (κ1) is 19.9. The highest BCUT2D eigenvalue weighted by molar-refractivity contribution is 5.88. The average molecular weight is 396 g/mol. The molecule has 0 unspecified atom stereocenters. The van der Waals surface area contributed by atoms with E-state index >= 15 is 0 Å². The monoisotopic (exact) mass is 396 g/mol. The second kappa shape index (κ2) is 8.05. The summed E-state index contributed by atoms with van der Waals surface area (Å²) in [5, 5.41) is 11.4. The highest BCUT2D eigenvalue weighted by Gasteiger charge is 2.13. The Morgan fingerprint density at radius 3 is 2.48 bits per heavy atom. The number of hydrogen-bond donors (Lipinski definition) is 0. The van der Waals surface area contributed by atoms with Crippen molar-refractivity contribution in [3.05, 3.63) is 64.0 Å². The number of aromatic carboxylic acids is 1. The average Bonchev–Trinajstić information content (AvgIpc) is 2.69. The van der Waals surface area contributed by atoms with E-state index in [9.17, 15) is 19.5 Å². The van der Waals surface area contributed by atoms with E-state index in [1.807, 2.05) is 0 Å². The van der Waals surface area contributed by atoms with Gasteiger partial charge in [-0.2, -0.15) is 0 Å². The molecule has 1 aromatic heterocycles. The van der Waals surface area contributed by atoms with Gasteiger partial charge in [-0.25, -0.2) is 4.79 Å². The molecule has 1 amide bonds. The van der Waals surface area contributed by atoms with E-state index in [0.717, 1.165) is 6.26 Å². The van der Waals surface area contributed by atoms with Gasteiger partial charge in [0.25, 0.3) is 0 Å². The Labute approximate surface area is 165 Å². The van der Waals surface area contributed by atoms with E-state index in [0.29, 0.717) is 17.7 Å². The summed E-state index contributed by atoms with van der Waals surface area (Å²) in [6.07, 6.45) is 1.06. The van der Waals surface area contributed by atoms with Crippen LogP contribution in [0.4, 0.5) is 4.79 Å². The first-order valence-electron chi connectivity index (χ1n) is 8.77. The molecular weight excluding hydrogens is 378 g/mol. The maximum Gasteiger partial charge on any atom is 0.414 e. The topological polar surface area (TPSA) is 109 Å². The fraction of sp³-hybridized carbons (Fsp3) is 0.190. The second-order valence-corrected chi connectivity index (χ2v) is 6.41. The van der Waals surface area contributed by atoms with E-state index < -0.39 is 17.5 Å². The number of carbonyl (C=O) groups is 2. The standard InChI is InChI=1S/C21H19NO7/c1-4-12-9-13(5-7-15(12)20(24)25)28-18-11-27-17-10-14(29-21(26)22(2)3)6-8-16(17)19(18)23/h5-11H,4H2,1-3H3,(H,24,25)/p-1. The lowest BCUT2D eigenvalue weighted by molar-refractivity contribution is -0.255. The molecule has 3 rings (SSSR count). The number of aryl methyl sites for hydroxylation is 1. The highest BCUT2D eigenvalue weighted by Crippen LogP contribution is 2.26. The van der Waals surface area contributed by atoms with Crippen molar-refractivity contribution in [1.82, 2.24) is 4.90 Å². The van der Waals surface area contributed by atoms with Crippen molar-refractivity contribution >= 4 is 23.0 Å². The number of hydrogen-bond acceptors (Lipinski definition) is 7. The molecule has 29 heavy (non-hydrogen) atoms. The van der Waals surface area contributed by atoms with Crippen LogP contribution in [0.3, 0.4) is 0 Å². The molecular formula is C21H18NO7-. The Kier molecular flexibility index (Phi) is 5.54. The van der Waals surface area contributed by atoms with Crippen LogP contribution in [-0.2, 0) is 6.42 Å². The molecule has 0 aliphatic heterocycles. The van der Waals surface area contributed by atoms with Gasteiger partial charge < -0.3 is 28.7 Å². The smallest absolute Gasteiger partial charge is 0.414 e. The maximum absolute atomic E-state index is 12.7. The Hall–Kier alpha value is -3.81. The number of ether oxygens (including phenoxy) is 2. The van der Waals surface area contributed by atoms with Gasteiger partial charge in [0.2, 0.25) is 11.2 Å². The Balaban J connectivity index is 1.91. The molecule has 1 heterocycles. The molecule has 0 fully saturated rings.